The maximum Gasteiger partial charge on any atom is 0.0704 e. The molecule has 2 unspecified atom stereocenters. The summed E-state index contributed by atoms with van der Waals surface area (Å²) >= 11 is 0. The van der Waals surface area contributed by atoms with Crippen LogP contribution in [0.3, 0.4) is 0 Å². The lowest BCUT2D eigenvalue weighted by Crippen LogP contribution is -2.22. The molecule has 2 atom stereocenters. The van der Waals surface area contributed by atoms with E-state index in [9.17, 15) is 0 Å². The molecule has 0 radical (unpaired) electrons. The molecule has 0 aromatic carbocycles. The molecule has 0 bridgehead atoms. The quantitative estimate of drug-likeness (QED) is 0.647. The molecule has 0 amide bonds. The number of aliphatic hydroxyl groups excluding tert-OH is 1. The summed E-state index contributed by atoms with van der Waals surface area (Å²) < 4.78 is 0. The van der Waals surface area contributed by atoms with Gasteiger partial charge in [-0.2, -0.15) is 0 Å². The molecule has 0 aliphatic rings. The van der Waals surface area contributed by atoms with Crippen molar-refractivity contribution >= 4 is 0 Å². The highest BCUT2D eigenvalue weighted by molar-refractivity contribution is 5.15. The summed E-state index contributed by atoms with van der Waals surface area (Å²) in [5.41, 5.74) is 6.57. The van der Waals surface area contributed by atoms with Crippen molar-refractivity contribution in [3.63, 3.8) is 0 Å². The minimum Gasteiger partial charge on any atom is -0.391 e. The maximum atomic E-state index is 9.13. The molecule has 0 spiro atoms. The minimum absolute atomic E-state index is 0.307. The Kier molecular flexibility index (Phi) is 2.57. The molecule has 1 heterocycles. The lowest BCUT2D eigenvalue weighted by atomic mass is 10.1. The molecule has 0 saturated heterocycles. The molecule has 11 heavy (non-hydrogen) atoms. The topological polar surface area (TPSA) is 59.1 Å². The van der Waals surface area contributed by atoms with E-state index in [1.165, 1.54) is 0 Å². The van der Waals surface area contributed by atoms with Crippen molar-refractivity contribution < 1.29 is 5.11 Å². The Labute approximate surface area is 65.9 Å². The number of pyridine rings is 1. The predicted octanol–water partition coefficient (Wildman–Crippen LogP) is 0.462. The van der Waals surface area contributed by atoms with E-state index in [1.807, 2.05) is 0 Å². The Hall–Kier alpha value is -0.930. The van der Waals surface area contributed by atoms with Crippen molar-refractivity contribution in [1.29, 1.82) is 0 Å². The number of nitrogens with zero attached hydrogens (tertiary/aromatic N) is 1. The standard InChI is InChI=1S/C8H12N2O/c1-6(11)8(9)7-2-4-10-5-3-7/h2-6,8,11H,9H2,1H3. The molecule has 0 fully saturated rings. The predicted molar refractivity (Wildman–Crippen MR) is 42.8 cm³/mol. The van der Waals surface area contributed by atoms with Crippen LogP contribution in [0.4, 0.5) is 0 Å². The fraction of sp³-hybridized carbons (Fsp3) is 0.375. The third-order valence-electron chi connectivity index (χ3n) is 1.61. The third-order valence-corrected chi connectivity index (χ3v) is 1.61. The molecule has 0 saturated carbocycles. The number of hydrogen-bond acceptors (Lipinski definition) is 3. The van der Waals surface area contributed by atoms with Gasteiger partial charge in [0.1, 0.15) is 0 Å². The molecular formula is C8H12N2O. The largest absolute Gasteiger partial charge is 0.391 e. The van der Waals surface area contributed by atoms with Crippen molar-refractivity contribution in [3.05, 3.63) is 30.1 Å². The fourth-order valence-corrected chi connectivity index (χ4v) is 0.864. The van der Waals surface area contributed by atoms with Crippen molar-refractivity contribution in [2.45, 2.75) is 19.1 Å². The van der Waals surface area contributed by atoms with Gasteiger partial charge in [-0.1, -0.05) is 0 Å². The third kappa shape index (κ3) is 2.00. The SMILES string of the molecule is CC(O)C(N)c1ccncc1. The van der Waals surface area contributed by atoms with Crippen LogP contribution >= 0.6 is 0 Å². The van der Waals surface area contributed by atoms with Crippen LogP contribution in [0.5, 0.6) is 0 Å². The van der Waals surface area contributed by atoms with E-state index in [4.69, 9.17) is 10.8 Å². The van der Waals surface area contributed by atoms with Gasteiger partial charge in [-0.25, -0.2) is 0 Å². The summed E-state index contributed by atoms with van der Waals surface area (Å²) in [5, 5.41) is 9.13. The van der Waals surface area contributed by atoms with Gasteiger partial charge >= 0.3 is 0 Å². The van der Waals surface area contributed by atoms with Crippen LogP contribution in [0.15, 0.2) is 24.5 Å². The second-order valence-corrected chi connectivity index (χ2v) is 2.55. The summed E-state index contributed by atoms with van der Waals surface area (Å²) in [6.45, 7) is 1.67. The van der Waals surface area contributed by atoms with Gasteiger partial charge < -0.3 is 10.8 Å². The Morgan fingerprint density at radius 1 is 1.45 bits per heavy atom. The van der Waals surface area contributed by atoms with Crippen LogP contribution in [-0.4, -0.2) is 16.2 Å². The van der Waals surface area contributed by atoms with E-state index in [0.29, 0.717) is 0 Å². The van der Waals surface area contributed by atoms with E-state index >= 15 is 0 Å². The molecule has 3 N–H and O–H groups in total. The highest BCUT2D eigenvalue weighted by Crippen LogP contribution is 2.11. The second-order valence-electron chi connectivity index (χ2n) is 2.55. The van der Waals surface area contributed by atoms with Gasteiger partial charge in [-0.15, -0.1) is 0 Å². The lowest BCUT2D eigenvalue weighted by molar-refractivity contribution is 0.164. The van der Waals surface area contributed by atoms with Gasteiger partial charge in [0.15, 0.2) is 0 Å². The second kappa shape index (κ2) is 3.46. The zero-order chi connectivity index (χ0) is 8.27. The van der Waals surface area contributed by atoms with E-state index in [-0.39, 0.29) is 6.04 Å². The Morgan fingerprint density at radius 3 is 2.45 bits per heavy atom. The normalized spacial score (nSPS) is 15.9. The Balaban J connectivity index is 2.77. The molecule has 3 heteroatoms. The zero-order valence-electron chi connectivity index (χ0n) is 6.44. The van der Waals surface area contributed by atoms with E-state index in [1.54, 1.807) is 31.5 Å². The first-order valence-corrected chi connectivity index (χ1v) is 3.55. The molecule has 60 valence electrons. The highest BCUT2D eigenvalue weighted by Gasteiger charge is 2.10. The minimum atomic E-state index is -0.516. The van der Waals surface area contributed by atoms with Crippen LogP contribution in [0.1, 0.15) is 18.5 Å². The molecule has 1 rings (SSSR count). The number of aromatic nitrogens is 1. The first kappa shape index (κ1) is 8.17. The highest BCUT2D eigenvalue weighted by atomic mass is 16.3. The average molecular weight is 152 g/mol. The van der Waals surface area contributed by atoms with Crippen LogP contribution < -0.4 is 5.73 Å². The smallest absolute Gasteiger partial charge is 0.0704 e. The van der Waals surface area contributed by atoms with E-state index in [2.05, 4.69) is 4.98 Å². The van der Waals surface area contributed by atoms with Gasteiger partial charge in [-0.05, 0) is 24.6 Å². The first-order valence-electron chi connectivity index (χ1n) is 3.55. The van der Waals surface area contributed by atoms with Crippen molar-refractivity contribution in [2.75, 3.05) is 0 Å². The molecule has 0 aliphatic heterocycles. The van der Waals surface area contributed by atoms with Gasteiger partial charge in [0.05, 0.1) is 12.1 Å². The Bertz CT molecular complexity index is 211. The van der Waals surface area contributed by atoms with Crippen LogP contribution in [-0.2, 0) is 0 Å². The number of aliphatic hydroxyl groups is 1. The van der Waals surface area contributed by atoms with Gasteiger partial charge in [0.2, 0.25) is 0 Å². The van der Waals surface area contributed by atoms with Crippen molar-refractivity contribution in [2.24, 2.45) is 5.73 Å². The van der Waals surface area contributed by atoms with Gasteiger partial charge in [0, 0.05) is 12.4 Å². The number of hydrogen-bond donors (Lipinski definition) is 2. The maximum absolute atomic E-state index is 9.13. The summed E-state index contributed by atoms with van der Waals surface area (Å²) in [6, 6.07) is 3.30. The summed E-state index contributed by atoms with van der Waals surface area (Å²) in [4.78, 5) is 3.85. The lowest BCUT2D eigenvalue weighted by Gasteiger charge is -2.13. The fourth-order valence-electron chi connectivity index (χ4n) is 0.864. The Morgan fingerprint density at radius 2 is 2.00 bits per heavy atom. The summed E-state index contributed by atoms with van der Waals surface area (Å²) in [6.07, 6.45) is 2.81. The van der Waals surface area contributed by atoms with Crippen molar-refractivity contribution in [3.8, 4) is 0 Å². The molecule has 0 aliphatic carbocycles. The van der Waals surface area contributed by atoms with Crippen LogP contribution in [0.25, 0.3) is 0 Å². The molecule has 3 nitrogen and oxygen atoms in total. The number of nitrogens with two attached hydrogens (primary N) is 1. The van der Waals surface area contributed by atoms with E-state index < -0.39 is 6.10 Å². The van der Waals surface area contributed by atoms with Gasteiger partial charge in [0.25, 0.3) is 0 Å². The zero-order valence-corrected chi connectivity index (χ0v) is 6.44. The molecule has 1 aromatic heterocycles. The van der Waals surface area contributed by atoms with Gasteiger partial charge in [-0.3, -0.25) is 4.98 Å². The number of rotatable bonds is 2. The molecule has 1 aromatic rings. The van der Waals surface area contributed by atoms with E-state index in [0.717, 1.165) is 5.56 Å². The first-order chi connectivity index (χ1) is 5.22. The molecular weight excluding hydrogens is 140 g/mol. The summed E-state index contributed by atoms with van der Waals surface area (Å²) in [7, 11) is 0. The van der Waals surface area contributed by atoms with Crippen LogP contribution in [0.2, 0.25) is 0 Å². The monoisotopic (exact) mass is 152 g/mol. The summed E-state index contributed by atoms with van der Waals surface area (Å²) in [5.74, 6) is 0. The average Bonchev–Trinajstić information content (AvgIpc) is 2.05. The van der Waals surface area contributed by atoms with Crippen LogP contribution in [0, 0.1) is 0 Å². The van der Waals surface area contributed by atoms with Crippen molar-refractivity contribution in [1.82, 2.24) is 4.98 Å².